The van der Waals surface area contributed by atoms with E-state index in [-0.39, 0.29) is 5.75 Å². The number of benzene rings is 1. The lowest BCUT2D eigenvalue weighted by atomic mass is 10.2. The summed E-state index contributed by atoms with van der Waals surface area (Å²) < 4.78 is 13.0. The second kappa shape index (κ2) is 4.67. The summed E-state index contributed by atoms with van der Waals surface area (Å²) in [5, 5.41) is 25.3. The van der Waals surface area contributed by atoms with Gasteiger partial charge in [-0.2, -0.15) is 5.21 Å². The molecule has 1 aromatic heterocycles. The summed E-state index contributed by atoms with van der Waals surface area (Å²) in [6.45, 7) is 0.907. The summed E-state index contributed by atoms with van der Waals surface area (Å²) in [5.74, 6) is -0.431. The third kappa shape index (κ3) is 2.51. The molecule has 16 heavy (non-hydrogen) atoms. The lowest BCUT2D eigenvalue weighted by molar-refractivity contribution is 0.431. The Bertz CT molecular complexity index is 459. The van der Waals surface area contributed by atoms with Crippen LogP contribution in [0.2, 0.25) is 0 Å². The molecule has 0 fully saturated rings. The molecule has 0 spiro atoms. The highest BCUT2D eigenvalue weighted by Crippen LogP contribution is 2.15. The number of nitrogens with zero attached hydrogens (tertiary/aromatic N) is 3. The van der Waals surface area contributed by atoms with Crippen molar-refractivity contribution in [3.05, 3.63) is 35.4 Å². The van der Waals surface area contributed by atoms with Crippen molar-refractivity contribution in [1.29, 1.82) is 0 Å². The van der Waals surface area contributed by atoms with E-state index in [1.54, 1.807) is 6.07 Å². The lowest BCUT2D eigenvalue weighted by Crippen LogP contribution is -2.13. The van der Waals surface area contributed by atoms with Gasteiger partial charge in [-0.1, -0.05) is 11.3 Å². The Hall–Kier alpha value is -2.02. The third-order valence-corrected chi connectivity index (χ3v) is 2.01. The van der Waals surface area contributed by atoms with Gasteiger partial charge in [0.2, 0.25) is 0 Å². The van der Waals surface area contributed by atoms with E-state index in [9.17, 15) is 4.39 Å². The van der Waals surface area contributed by atoms with Crippen molar-refractivity contribution in [3.63, 3.8) is 0 Å². The molecule has 0 aliphatic heterocycles. The Labute approximate surface area is 90.5 Å². The van der Waals surface area contributed by atoms with Gasteiger partial charge in [-0.05, 0) is 17.7 Å². The average molecular weight is 223 g/mol. The van der Waals surface area contributed by atoms with Gasteiger partial charge in [0.1, 0.15) is 0 Å². The maximum absolute atomic E-state index is 13.0. The smallest absolute Gasteiger partial charge is 0.188 e. The summed E-state index contributed by atoms with van der Waals surface area (Å²) in [4.78, 5) is 0. The van der Waals surface area contributed by atoms with Crippen LogP contribution in [0.1, 0.15) is 11.4 Å². The summed E-state index contributed by atoms with van der Waals surface area (Å²) in [6.07, 6.45) is 0. The van der Waals surface area contributed by atoms with E-state index in [0.29, 0.717) is 18.9 Å². The molecule has 2 rings (SSSR count). The van der Waals surface area contributed by atoms with Gasteiger partial charge in [-0.25, -0.2) is 4.39 Å². The van der Waals surface area contributed by atoms with Crippen molar-refractivity contribution in [1.82, 2.24) is 25.9 Å². The van der Waals surface area contributed by atoms with E-state index in [1.807, 2.05) is 0 Å². The zero-order chi connectivity index (χ0) is 11.4. The average Bonchev–Trinajstić information content (AvgIpc) is 2.76. The number of rotatable bonds is 4. The first kappa shape index (κ1) is 10.5. The molecule has 0 amide bonds. The molecule has 84 valence electrons. The van der Waals surface area contributed by atoms with Gasteiger partial charge in [-0.15, -0.1) is 10.2 Å². The van der Waals surface area contributed by atoms with Gasteiger partial charge in [0.15, 0.2) is 17.4 Å². The van der Waals surface area contributed by atoms with E-state index in [4.69, 9.17) is 5.11 Å². The van der Waals surface area contributed by atoms with Crippen LogP contribution >= 0.6 is 0 Å². The standard InChI is InChI=1S/C9H10FN5O/c10-7-3-6(1-2-8(7)16)4-11-5-9-12-14-15-13-9/h1-3,11,16H,4-5H2,(H,12,13,14,15). The molecule has 0 unspecified atom stereocenters. The number of halogens is 1. The number of H-pyrrole nitrogens is 1. The zero-order valence-corrected chi connectivity index (χ0v) is 8.31. The molecule has 2 aromatic rings. The number of phenols is 1. The van der Waals surface area contributed by atoms with Crippen molar-refractivity contribution in [2.45, 2.75) is 13.1 Å². The van der Waals surface area contributed by atoms with E-state index in [0.717, 1.165) is 5.56 Å². The van der Waals surface area contributed by atoms with Crippen molar-refractivity contribution < 1.29 is 9.50 Å². The van der Waals surface area contributed by atoms with Gasteiger partial charge in [0.05, 0.1) is 6.54 Å². The number of aromatic nitrogens is 4. The van der Waals surface area contributed by atoms with Crippen LogP contribution in [0.15, 0.2) is 18.2 Å². The maximum atomic E-state index is 13.0. The Balaban J connectivity index is 1.87. The number of hydrogen-bond donors (Lipinski definition) is 3. The van der Waals surface area contributed by atoms with Crippen molar-refractivity contribution in [2.75, 3.05) is 0 Å². The first-order valence-corrected chi connectivity index (χ1v) is 4.66. The van der Waals surface area contributed by atoms with Crippen LogP contribution in [0.3, 0.4) is 0 Å². The predicted octanol–water partition coefficient (Wildman–Crippen LogP) is 0.334. The van der Waals surface area contributed by atoms with Crippen molar-refractivity contribution in [3.8, 4) is 5.75 Å². The fraction of sp³-hybridized carbons (Fsp3) is 0.222. The second-order valence-electron chi connectivity index (χ2n) is 3.22. The van der Waals surface area contributed by atoms with Crippen LogP contribution in [0.25, 0.3) is 0 Å². The molecular weight excluding hydrogens is 213 g/mol. The number of nitrogens with one attached hydrogen (secondary N) is 2. The minimum absolute atomic E-state index is 0.345. The normalized spacial score (nSPS) is 10.6. The minimum atomic E-state index is -0.626. The van der Waals surface area contributed by atoms with Crippen LogP contribution in [0.4, 0.5) is 4.39 Å². The molecule has 0 saturated carbocycles. The summed E-state index contributed by atoms with van der Waals surface area (Å²) in [6, 6.07) is 4.24. The number of aromatic hydroxyl groups is 1. The summed E-state index contributed by atoms with van der Waals surface area (Å²) in [7, 11) is 0. The van der Waals surface area contributed by atoms with E-state index >= 15 is 0 Å². The molecule has 0 saturated heterocycles. The highest BCUT2D eigenvalue weighted by molar-refractivity contribution is 5.27. The topological polar surface area (TPSA) is 86.7 Å². The summed E-state index contributed by atoms with van der Waals surface area (Å²) >= 11 is 0. The number of phenolic OH excluding ortho intramolecular Hbond substituents is 1. The molecule has 3 N–H and O–H groups in total. The number of hydrogen-bond acceptors (Lipinski definition) is 5. The monoisotopic (exact) mass is 223 g/mol. The van der Waals surface area contributed by atoms with Crippen LogP contribution in [0, 0.1) is 5.82 Å². The number of tetrazole rings is 1. The molecule has 6 nitrogen and oxygen atoms in total. The molecule has 1 heterocycles. The lowest BCUT2D eigenvalue weighted by Gasteiger charge is -2.03. The fourth-order valence-electron chi connectivity index (χ4n) is 1.24. The molecule has 0 radical (unpaired) electrons. The highest BCUT2D eigenvalue weighted by atomic mass is 19.1. The molecule has 1 aromatic carbocycles. The second-order valence-corrected chi connectivity index (χ2v) is 3.22. The molecule has 7 heteroatoms. The van der Waals surface area contributed by atoms with E-state index in [1.165, 1.54) is 12.1 Å². The SMILES string of the molecule is Oc1ccc(CNCc2nn[nH]n2)cc1F. The molecular formula is C9H10FN5O. The van der Waals surface area contributed by atoms with E-state index < -0.39 is 5.82 Å². The summed E-state index contributed by atoms with van der Waals surface area (Å²) in [5.41, 5.74) is 0.735. The molecule has 0 atom stereocenters. The Morgan fingerprint density at radius 3 is 2.94 bits per heavy atom. The largest absolute Gasteiger partial charge is 0.505 e. The van der Waals surface area contributed by atoms with Gasteiger partial charge in [0, 0.05) is 6.54 Å². The minimum Gasteiger partial charge on any atom is -0.505 e. The van der Waals surface area contributed by atoms with Gasteiger partial charge < -0.3 is 10.4 Å². The Morgan fingerprint density at radius 1 is 1.38 bits per heavy atom. The van der Waals surface area contributed by atoms with E-state index in [2.05, 4.69) is 25.9 Å². The Morgan fingerprint density at radius 2 is 2.25 bits per heavy atom. The Kier molecular flexibility index (Phi) is 3.06. The van der Waals surface area contributed by atoms with Gasteiger partial charge in [0.25, 0.3) is 0 Å². The molecule has 0 aliphatic rings. The number of aromatic amines is 1. The van der Waals surface area contributed by atoms with Crippen LogP contribution < -0.4 is 5.32 Å². The molecule has 0 aliphatic carbocycles. The maximum Gasteiger partial charge on any atom is 0.188 e. The quantitative estimate of drug-likeness (QED) is 0.695. The van der Waals surface area contributed by atoms with Gasteiger partial charge in [-0.3, -0.25) is 0 Å². The van der Waals surface area contributed by atoms with Crippen LogP contribution in [-0.4, -0.2) is 25.7 Å². The first-order valence-electron chi connectivity index (χ1n) is 4.66. The van der Waals surface area contributed by atoms with Crippen molar-refractivity contribution >= 4 is 0 Å². The van der Waals surface area contributed by atoms with Crippen LogP contribution in [0.5, 0.6) is 5.75 Å². The van der Waals surface area contributed by atoms with Crippen molar-refractivity contribution in [2.24, 2.45) is 0 Å². The fourth-order valence-corrected chi connectivity index (χ4v) is 1.24. The predicted molar refractivity (Wildman–Crippen MR) is 52.8 cm³/mol. The zero-order valence-electron chi connectivity index (χ0n) is 8.31. The van der Waals surface area contributed by atoms with Crippen LogP contribution in [-0.2, 0) is 13.1 Å². The third-order valence-electron chi connectivity index (χ3n) is 2.01. The van der Waals surface area contributed by atoms with Gasteiger partial charge >= 0.3 is 0 Å². The molecule has 0 bridgehead atoms. The highest BCUT2D eigenvalue weighted by Gasteiger charge is 2.02. The first-order chi connectivity index (χ1) is 7.75.